The number of sulfonamides is 1. The number of thiazole rings is 1. The number of fused-ring (bicyclic) bond motifs is 1. The molecule has 1 aromatic carbocycles. The number of carbonyl (C=O) groups excluding carboxylic acids is 1. The number of aromatic carboxylic acids is 1. The molecule has 3 aromatic rings. The smallest absolute Gasteiger partial charge is 0.534 e. The second-order valence-electron chi connectivity index (χ2n) is 7.28. The number of nitrogens with zero attached hydrogens (tertiary/aromatic N) is 2. The number of pyridine rings is 1. The number of carboxylic acids is 1. The van der Waals surface area contributed by atoms with Gasteiger partial charge in [-0.1, -0.05) is 12.1 Å². The molecule has 0 saturated heterocycles. The van der Waals surface area contributed by atoms with E-state index in [4.69, 9.17) is 10.4 Å². The SMILES string of the molecule is Nc1nc(C(NS(=O)(=O)c2cccnc2)C(=O)N[C@H]2Cc3cccc(C(=O)O)c3OB2O)cs1. The zero-order valence-corrected chi connectivity index (χ0v) is 18.9. The van der Waals surface area contributed by atoms with Crippen LogP contribution in [0, 0.1) is 0 Å². The van der Waals surface area contributed by atoms with Gasteiger partial charge < -0.3 is 25.8 Å². The Morgan fingerprint density at radius 3 is 2.74 bits per heavy atom. The van der Waals surface area contributed by atoms with Crippen molar-refractivity contribution >= 4 is 45.5 Å². The maximum Gasteiger partial charge on any atom is 0.547 e. The number of nitrogen functional groups attached to an aromatic ring is 1. The lowest BCUT2D eigenvalue weighted by atomic mass is 9.72. The van der Waals surface area contributed by atoms with Gasteiger partial charge in [0, 0.05) is 17.8 Å². The summed E-state index contributed by atoms with van der Waals surface area (Å²) in [6.07, 6.45) is 2.58. The topological polar surface area (TPSA) is 194 Å². The van der Waals surface area contributed by atoms with E-state index < -0.39 is 41.0 Å². The number of carboxylic acid groups (broad SMARTS) is 1. The first-order valence-corrected chi connectivity index (χ1v) is 12.2. The minimum Gasteiger partial charge on any atom is -0.534 e. The van der Waals surface area contributed by atoms with Gasteiger partial charge >= 0.3 is 13.1 Å². The average Bonchev–Trinajstić information content (AvgIpc) is 3.24. The van der Waals surface area contributed by atoms with Gasteiger partial charge in [0.05, 0.1) is 17.2 Å². The number of hydrogen-bond acceptors (Lipinski definition) is 10. The van der Waals surface area contributed by atoms with Crippen LogP contribution in [0.15, 0.2) is 53.0 Å². The Hall–Kier alpha value is -3.53. The second-order valence-corrected chi connectivity index (χ2v) is 9.88. The first kappa shape index (κ1) is 23.6. The third kappa shape index (κ3) is 4.86. The Labute approximate surface area is 198 Å². The van der Waals surface area contributed by atoms with Crippen LogP contribution in [-0.2, 0) is 21.2 Å². The molecule has 176 valence electrons. The highest BCUT2D eigenvalue weighted by Gasteiger charge is 2.40. The highest BCUT2D eigenvalue weighted by atomic mass is 32.2. The van der Waals surface area contributed by atoms with Crippen molar-refractivity contribution in [2.45, 2.75) is 23.3 Å². The molecule has 0 aliphatic carbocycles. The molecule has 34 heavy (non-hydrogen) atoms. The molecule has 6 N–H and O–H groups in total. The first-order valence-electron chi connectivity index (χ1n) is 9.79. The number of nitrogens with one attached hydrogen (secondary N) is 2. The number of hydrogen-bond donors (Lipinski definition) is 5. The van der Waals surface area contributed by atoms with Gasteiger partial charge in [0.2, 0.25) is 15.9 Å². The lowest BCUT2D eigenvalue weighted by Gasteiger charge is -2.30. The number of anilines is 1. The zero-order chi connectivity index (χ0) is 24.5. The minimum atomic E-state index is -4.17. The average molecular weight is 503 g/mol. The molecular formula is C19H18BN5O7S2. The normalized spacial score (nSPS) is 16.3. The number of aromatic nitrogens is 2. The minimum absolute atomic E-state index is 0.00843. The molecule has 0 saturated carbocycles. The van der Waals surface area contributed by atoms with Crippen molar-refractivity contribution in [3.8, 4) is 5.75 Å². The summed E-state index contributed by atoms with van der Waals surface area (Å²) in [7, 11) is -5.75. The van der Waals surface area contributed by atoms with Gasteiger partial charge in [-0.2, -0.15) is 4.72 Å². The Balaban J connectivity index is 1.59. The molecule has 0 radical (unpaired) electrons. The zero-order valence-electron chi connectivity index (χ0n) is 17.3. The van der Waals surface area contributed by atoms with Crippen molar-refractivity contribution in [2.24, 2.45) is 0 Å². The van der Waals surface area contributed by atoms with Crippen LogP contribution in [-0.4, -0.2) is 53.5 Å². The summed E-state index contributed by atoms with van der Waals surface area (Å²) in [6.45, 7) is 0. The van der Waals surface area contributed by atoms with Crippen LogP contribution in [0.5, 0.6) is 5.75 Å². The van der Waals surface area contributed by atoms with Crippen LogP contribution in [0.2, 0.25) is 0 Å². The molecule has 0 spiro atoms. The van der Waals surface area contributed by atoms with Crippen LogP contribution in [0.25, 0.3) is 0 Å². The van der Waals surface area contributed by atoms with E-state index in [9.17, 15) is 28.1 Å². The number of rotatable bonds is 7. The third-order valence-corrected chi connectivity index (χ3v) is 7.09. The first-order chi connectivity index (χ1) is 16.2. The highest BCUT2D eigenvalue weighted by Crippen LogP contribution is 2.30. The summed E-state index contributed by atoms with van der Waals surface area (Å²) in [5.41, 5.74) is 6.07. The van der Waals surface area contributed by atoms with Gasteiger partial charge in [0.1, 0.15) is 16.7 Å². The predicted molar refractivity (Wildman–Crippen MR) is 121 cm³/mol. The van der Waals surface area contributed by atoms with E-state index in [1.54, 1.807) is 6.07 Å². The Kier molecular flexibility index (Phi) is 6.52. The van der Waals surface area contributed by atoms with Crippen molar-refractivity contribution in [1.82, 2.24) is 20.0 Å². The molecule has 15 heteroatoms. The Morgan fingerprint density at radius 1 is 1.29 bits per heavy atom. The van der Waals surface area contributed by atoms with Crippen molar-refractivity contribution in [3.63, 3.8) is 0 Å². The molecule has 3 heterocycles. The van der Waals surface area contributed by atoms with E-state index in [-0.39, 0.29) is 33.5 Å². The van der Waals surface area contributed by atoms with E-state index in [2.05, 4.69) is 20.0 Å². The van der Waals surface area contributed by atoms with Gasteiger partial charge in [0.15, 0.2) is 5.13 Å². The van der Waals surface area contributed by atoms with Crippen LogP contribution >= 0.6 is 11.3 Å². The fourth-order valence-electron chi connectivity index (χ4n) is 3.39. The summed E-state index contributed by atoms with van der Waals surface area (Å²) < 4.78 is 33.3. The molecule has 2 atom stereocenters. The number of para-hydroxylation sites is 1. The van der Waals surface area contributed by atoms with Crippen molar-refractivity contribution < 1.29 is 32.8 Å². The van der Waals surface area contributed by atoms with Crippen LogP contribution in [0.4, 0.5) is 5.13 Å². The van der Waals surface area contributed by atoms with Crippen molar-refractivity contribution in [1.29, 1.82) is 0 Å². The van der Waals surface area contributed by atoms with E-state index >= 15 is 0 Å². The van der Waals surface area contributed by atoms with E-state index in [0.29, 0.717) is 5.56 Å². The fourth-order valence-corrected chi connectivity index (χ4v) is 5.11. The molecule has 1 aliphatic heterocycles. The van der Waals surface area contributed by atoms with Crippen LogP contribution in [0.3, 0.4) is 0 Å². The van der Waals surface area contributed by atoms with Crippen LogP contribution < -0.4 is 20.4 Å². The molecule has 0 fully saturated rings. The lowest BCUT2D eigenvalue weighted by Crippen LogP contribution is -2.55. The standard InChI is InChI=1S/C19H18BN5O7S2/c21-19-23-13(9-33-19)15(25-34(30,31)11-4-2-6-22-8-11)17(26)24-14-7-10-3-1-5-12(18(27)28)16(10)32-20(14)29/h1-6,8-9,14-15,25,29H,7H2,(H2,21,23)(H,24,26)(H,27,28)/t14-,15?/m0/s1. The van der Waals surface area contributed by atoms with Gasteiger partial charge in [-0.15, -0.1) is 11.3 Å². The van der Waals surface area contributed by atoms with E-state index in [1.807, 2.05) is 0 Å². The van der Waals surface area contributed by atoms with E-state index in [1.165, 1.54) is 35.8 Å². The predicted octanol–water partition coefficient (Wildman–Crippen LogP) is -0.0223. The second kappa shape index (κ2) is 9.38. The van der Waals surface area contributed by atoms with Gasteiger partial charge in [0.25, 0.3) is 0 Å². The largest absolute Gasteiger partial charge is 0.547 e. The van der Waals surface area contributed by atoms with E-state index in [0.717, 1.165) is 17.5 Å². The molecule has 1 amide bonds. The fraction of sp³-hybridized carbons (Fsp3) is 0.158. The number of amides is 1. The van der Waals surface area contributed by atoms with Crippen molar-refractivity contribution in [3.05, 3.63) is 64.9 Å². The van der Waals surface area contributed by atoms with Gasteiger partial charge in [-0.05, 0) is 30.2 Å². The maximum absolute atomic E-state index is 13.2. The lowest BCUT2D eigenvalue weighted by molar-refractivity contribution is -0.123. The molecule has 2 aromatic heterocycles. The number of benzene rings is 1. The number of carbonyl (C=O) groups is 2. The molecule has 12 nitrogen and oxygen atoms in total. The molecule has 4 rings (SSSR count). The molecule has 1 unspecified atom stereocenters. The van der Waals surface area contributed by atoms with Crippen LogP contribution in [0.1, 0.15) is 27.7 Å². The van der Waals surface area contributed by atoms with Crippen molar-refractivity contribution in [2.75, 3.05) is 5.73 Å². The van der Waals surface area contributed by atoms with Gasteiger partial charge in [-0.3, -0.25) is 9.78 Å². The maximum atomic E-state index is 13.2. The quantitative estimate of drug-likeness (QED) is 0.274. The Morgan fingerprint density at radius 2 is 2.09 bits per heavy atom. The summed E-state index contributed by atoms with van der Waals surface area (Å²) in [6, 6.07) is 5.74. The monoisotopic (exact) mass is 503 g/mol. The third-order valence-electron chi connectivity index (χ3n) is 4.99. The molecule has 0 bridgehead atoms. The number of nitrogens with two attached hydrogens (primary N) is 1. The highest BCUT2D eigenvalue weighted by molar-refractivity contribution is 7.89. The molecule has 1 aliphatic rings. The summed E-state index contributed by atoms with van der Waals surface area (Å²) in [5.74, 6) is -3.03. The summed E-state index contributed by atoms with van der Waals surface area (Å²) >= 11 is 1.02. The Bertz CT molecular complexity index is 1340. The molecular weight excluding hydrogens is 485 g/mol. The summed E-state index contributed by atoms with van der Waals surface area (Å²) in [5, 5.41) is 23.9. The van der Waals surface area contributed by atoms with Gasteiger partial charge in [-0.25, -0.2) is 18.2 Å². The summed E-state index contributed by atoms with van der Waals surface area (Å²) in [4.78, 5) is 32.2.